The quantitative estimate of drug-likeness (QED) is 0.272. The van der Waals surface area contributed by atoms with Gasteiger partial charge in [0.15, 0.2) is 6.10 Å². The maximum absolute atomic E-state index is 12.7. The molecule has 0 bridgehead atoms. The lowest BCUT2D eigenvalue weighted by atomic mass is 9.92. The molecule has 0 aromatic heterocycles. The van der Waals surface area contributed by atoms with Gasteiger partial charge in [-0.3, -0.25) is 9.59 Å². The molecule has 1 aromatic rings. The van der Waals surface area contributed by atoms with E-state index in [2.05, 4.69) is 30.5 Å². The highest BCUT2D eigenvalue weighted by Gasteiger charge is 2.46. The molecule has 2 rings (SSSR count). The summed E-state index contributed by atoms with van der Waals surface area (Å²) in [6.07, 6.45) is -0.829. The van der Waals surface area contributed by atoms with Gasteiger partial charge in [0, 0.05) is 19.8 Å². The summed E-state index contributed by atoms with van der Waals surface area (Å²) in [6.45, 7) is 12.2. The van der Waals surface area contributed by atoms with Gasteiger partial charge in [-0.05, 0) is 26.8 Å². The zero-order chi connectivity index (χ0) is 25.7. The van der Waals surface area contributed by atoms with Crippen LogP contribution < -0.4 is 10.5 Å². The van der Waals surface area contributed by atoms with Gasteiger partial charge >= 0.3 is 18.0 Å². The van der Waals surface area contributed by atoms with Gasteiger partial charge in [-0.2, -0.15) is 0 Å². The van der Waals surface area contributed by atoms with E-state index in [9.17, 15) is 19.5 Å². The number of ether oxygens (including phenoxy) is 3. The van der Waals surface area contributed by atoms with Crippen molar-refractivity contribution < 1.29 is 33.7 Å². The molecule has 0 fully saturated rings. The molecule has 0 spiro atoms. The van der Waals surface area contributed by atoms with Crippen molar-refractivity contribution in [3.05, 3.63) is 42.5 Å². The van der Waals surface area contributed by atoms with Gasteiger partial charge < -0.3 is 24.6 Å². The minimum absolute atomic E-state index is 0.490. The second-order valence-electron chi connectivity index (χ2n) is 10.3. The number of aliphatic hydroxyl groups is 1. The van der Waals surface area contributed by atoms with Crippen molar-refractivity contribution in [2.45, 2.75) is 83.7 Å². The van der Waals surface area contributed by atoms with E-state index in [0.717, 1.165) is 0 Å². The number of hydrogen-bond donors (Lipinski definition) is 2. The van der Waals surface area contributed by atoms with Gasteiger partial charge in [0.2, 0.25) is 0 Å². The molecule has 0 saturated carbocycles. The fraction of sp³-hybridized carbons (Fsp3) is 0.560. The third-order valence-electron chi connectivity index (χ3n) is 5.65. The van der Waals surface area contributed by atoms with E-state index in [4.69, 9.17) is 14.2 Å². The van der Waals surface area contributed by atoms with Crippen LogP contribution in [0.2, 0.25) is 19.1 Å². The largest absolute Gasteiger partial charge is 0.458 e. The van der Waals surface area contributed by atoms with Crippen molar-refractivity contribution in [2.75, 3.05) is 0 Å². The van der Waals surface area contributed by atoms with Crippen LogP contribution in [0.1, 0.15) is 34.6 Å². The Morgan fingerprint density at radius 1 is 0.971 bits per heavy atom. The Morgan fingerprint density at radius 2 is 1.53 bits per heavy atom. The van der Waals surface area contributed by atoms with Crippen molar-refractivity contribution in [3.8, 4) is 0 Å². The number of rotatable bonds is 6. The molecule has 2 N–H and O–H groups in total. The van der Waals surface area contributed by atoms with Gasteiger partial charge in [0.1, 0.15) is 17.8 Å². The van der Waals surface area contributed by atoms with E-state index in [-0.39, 0.29) is 0 Å². The molecule has 1 aliphatic carbocycles. The molecule has 0 heterocycles. The molecular weight excluding hydrogens is 454 g/mol. The summed E-state index contributed by atoms with van der Waals surface area (Å²) in [7, 11) is -2.15. The number of nitrogens with one attached hydrogen (secondary N) is 1. The number of carbonyl (C=O) groups is 3. The number of amides is 1. The molecule has 1 aromatic carbocycles. The van der Waals surface area contributed by atoms with Gasteiger partial charge in [-0.1, -0.05) is 60.8 Å². The predicted molar refractivity (Wildman–Crippen MR) is 131 cm³/mol. The number of esters is 2. The molecule has 1 aliphatic rings. The second kappa shape index (κ2) is 11.2. The van der Waals surface area contributed by atoms with Crippen LogP contribution in [0.5, 0.6) is 0 Å². The minimum atomic E-state index is -2.15. The average molecular weight is 492 g/mol. The second-order valence-corrected chi connectivity index (χ2v) is 15.1. The van der Waals surface area contributed by atoms with Gasteiger partial charge in [-0.15, -0.1) is 0 Å². The fourth-order valence-electron chi connectivity index (χ4n) is 4.24. The summed E-state index contributed by atoms with van der Waals surface area (Å²) in [5.41, 5.74) is -0.707. The number of benzene rings is 1. The van der Waals surface area contributed by atoms with Crippen LogP contribution in [0.15, 0.2) is 42.5 Å². The van der Waals surface area contributed by atoms with Crippen LogP contribution in [0, 0.1) is 5.92 Å². The van der Waals surface area contributed by atoms with Crippen molar-refractivity contribution >= 4 is 31.3 Å². The van der Waals surface area contributed by atoms with Crippen molar-refractivity contribution in [2.24, 2.45) is 5.92 Å². The van der Waals surface area contributed by atoms with Crippen LogP contribution in [-0.2, 0) is 23.8 Å². The SMILES string of the molecule is CC(=O)O[C@H]1[C@H](C[Si](C)(C)c2ccccc2)[C@H](NC(=O)OC(C)(C)C)C=C[C@H](O)[C@H]1OC(C)=O. The number of carbonyl (C=O) groups excluding carboxylic acids is 3. The molecule has 9 heteroatoms. The Kier molecular flexibility index (Phi) is 9.07. The highest BCUT2D eigenvalue weighted by atomic mass is 28.3. The third-order valence-corrected chi connectivity index (χ3v) is 9.04. The van der Waals surface area contributed by atoms with Crippen LogP contribution in [-0.4, -0.2) is 61.2 Å². The Morgan fingerprint density at radius 3 is 2.06 bits per heavy atom. The molecule has 0 saturated heterocycles. The molecular formula is C25H37NO7Si. The smallest absolute Gasteiger partial charge is 0.408 e. The summed E-state index contributed by atoms with van der Waals surface area (Å²) in [4.78, 5) is 36.6. The van der Waals surface area contributed by atoms with E-state index in [1.807, 2.05) is 18.2 Å². The van der Waals surface area contributed by atoms with E-state index in [1.54, 1.807) is 26.8 Å². The number of hydrogen-bond acceptors (Lipinski definition) is 7. The Bertz CT molecular complexity index is 894. The standard InChI is InChI=1S/C25H37NO7Si/c1-16(27)31-22-19(15-34(6,7)18-11-9-8-10-12-18)20(26-24(30)33-25(3,4)5)13-14-21(29)23(22)32-17(2)28/h8-14,19-23,29H,15H2,1-7H3,(H,26,30)/t19-,20-,21+,22+,23-/m1/s1. The molecule has 5 atom stereocenters. The fourth-order valence-corrected chi connectivity index (χ4v) is 7.24. The third kappa shape index (κ3) is 7.98. The zero-order valence-electron chi connectivity index (χ0n) is 21.0. The minimum Gasteiger partial charge on any atom is -0.458 e. The van der Waals surface area contributed by atoms with Gasteiger partial charge in [0.05, 0.1) is 14.1 Å². The number of aliphatic hydroxyl groups excluding tert-OH is 1. The van der Waals surface area contributed by atoms with E-state index >= 15 is 0 Å². The van der Waals surface area contributed by atoms with Crippen molar-refractivity contribution in [1.82, 2.24) is 5.32 Å². The molecule has 0 unspecified atom stereocenters. The van der Waals surface area contributed by atoms with Crippen molar-refractivity contribution in [1.29, 1.82) is 0 Å². The van der Waals surface area contributed by atoms with Crippen LogP contribution in [0.4, 0.5) is 4.79 Å². The first-order valence-electron chi connectivity index (χ1n) is 11.5. The predicted octanol–water partition coefficient (Wildman–Crippen LogP) is 2.91. The highest BCUT2D eigenvalue weighted by Crippen LogP contribution is 2.33. The van der Waals surface area contributed by atoms with Crippen LogP contribution in [0.25, 0.3) is 0 Å². The normalized spacial score (nSPS) is 25.1. The molecule has 0 radical (unpaired) electrons. The molecule has 0 aliphatic heterocycles. The van der Waals surface area contributed by atoms with Crippen LogP contribution in [0.3, 0.4) is 0 Å². The lowest BCUT2D eigenvalue weighted by Crippen LogP contribution is -2.55. The number of alkyl carbamates (subject to hydrolysis) is 1. The summed E-state index contributed by atoms with van der Waals surface area (Å²) >= 11 is 0. The lowest BCUT2D eigenvalue weighted by molar-refractivity contribution is -0.176. The maximum atomic E-state index is 12.7. The zero-order valence-corrected chi connectivity index (χ0v) is 22.0. The summed E-state index contributed by atoms with van der Waals surface area (Å²) in [5.74, 6) is -1.67. The molecule has 1 amide bonds. The summed E-state index contributed by atoms with van der Waals surface area (Å²) < 4.78 is 16.6. The summed E-state index contributed by atoms with van der Waals surface area (Å²) in [6, 6.07) is 9.96. The molecule has 8 nitrogen and oxygen atoms in total. The Labute approximate surface area is 202 Å². The Hall–Kier alpha value is -2.65. The first-order valence-corrected chi connectivity index (χ1v) is 14.7. The molecule has 188 valence electrons. The van der Waals surface area contributed by atoms with Crippen LogP contribution >= 0.6 is 0 Å². The monoisotopic (exact) mass is 491 g/mol. The van der Waals surface area contributed by atoms with E-state index in [1.165, 1.54) is 25.1 Å². The average Bonchev–Trinajstić information content (AvgIpc) is 2.80. The van der Waals surface area contributed by atoms with Gasteiger partial charge in [0.25, 0.3) is 0 Å². The first kappa shape index (κ1) is 27.6. The van der Waals surface area contributed by atoms with Gasteiger partial charge in [-0.25, -0.2) is 4.79 Å². The summed E-state index contributed by atoms with van der Waals surface area (Å²) in [5, 5.41) is 14.8. The maximum Gasteiger partial charge on any atom is 0.408 e. The topological polar surface area (TPSA) is 111 Å². The lowest BCUT2D eigenvalue weighted by Gasteiger charge is -2.39. The molecule has 34 heavy (non-hydrogen) atoms. The Balaban J connectivity index is 2.52. The van der Waals surface area contributed by atoms with E-state index < -0.39 is 62.0 Å². The highest BCUT2D eigenvalue weighted by molar-refractivity contribution is 6.89. The van der Waals surface area contributed by atoms with Crippen molar-refractivity contribution in [3.63, 3.8) is 0 Å². The first-order chi connectivity index (χ1) is 15.7. The van der Waals surface area contributed by atoms with E-state index in [0.29, 0.717) is 6.04 Å².